The SMILES string of the molecule is CC(=O)NCCC(=O)NC(=N)[C@@H]1CC[C@@H]2CN1C(=O)N2OS(=O)(=O)O. The van der Waals surface area contributed by atoms with Crippen LogP contribution >= 0.6 is 0 Å². The number of piperidine rings is 1. The van der Waals surface area contributed by atoms with Crippen LogP contribution in [0.5, 0.6) is 0 Å². The molecule has 140 valence electrons. The molecule has 12 nitrogen and oxygen atoms in total. The van der Waals surface area contributed by atoms with E-state index in [1.165, 1.54) is 11.8 Å². The third kappa shape index (κ3) is 4.87. The number of urea groups is 1. The topological polar surface area (TPSA) is 169 Å². The highest BCUT2D eigenvalue weighted by Gasteiger charge is 2.48. The molecule has 0 aliphatic carbocycles. The van der Waals surface area contributed by atoms with Crippen molar-refractivity contribution in [2.24, 2.45) is 0 Å². The zero-order valence-electron chi connectivity index (χ0n) is 13.4. The van der Waals surface area contributed by atoms with Crippen LogP contribution in [-0.4, -0.2) is 71.8 Å². The quantitative estimate of drug-likeness (QED) is 0.251. The number of amides is 4. The Kier molecular flexibility index (Phi) is 5.59. The molecule has 0 aromatic rings. The normalized spacial score (nSPS) is 22.7. The fourth-order valence-corrected chi connectivity index (χ4v) is 3.17. The van der Waals surface area contributed by atoms with Crippen LogP contribution in [-0.2, 0) is 24.3 Å². The average Bonchev–Trinajstić information content (AvgIpc) is 2.70. The number of fused-ring (bicyclic) bond motifs is 2. The van der Waals surface area contributed by atoms with Crippen LogP contribution in [0.4, 0.5) is 4.79 Å². The second kappa shape index (κ2) is 7.33. The Bertz CT molecular complexity index is 694. The number of hydrogen-bond donors (Lipinski definition) is 4. The molecule has 2 aliphatic rings. The molecule has 0 saturated carbocycles. The summed E-state index contributed by atoms with van der Waals surface area (Å²) < 4.78 is 34.7. The Morgan fingerprint density at radius 3 is 2.68 bits per heavy atom. The van der Waals surface area contributed by atoms with Crippen LogP contribution in [0.25, 0.3) is 0 Å². The summed E-state index contributed by atoms with van der Waals surface area (Å²) in [5.41, 5.74) is 0. The van der Waals surface area contributed by atoms with E-state index in [-0.39, 0.29) is 31.3 Å². The molecule has 2 heterocycles. The predicted molar refractivity (Wildman–Crippen MR) is 82.6 cm³/mol. The molecule has 25 heavy (non-hydrogen) atoms. The van der Waals surface area contributed by atoms with Crippen LogP contribution in [0.15, 0.2) is 0 Å². The first-order chi connectivity index (χ1) is 11.6. The molecule has 0 aromatic heterocycles. The second-order valence-corrected chi connectivity index (χ2v) is 6.71. The summed E-state index contributed by atoms with van der Waals surface area (Å²) in [5, 5.41) is 13.4. The van der Waals surface area contributed by atoms with E-state index < -0.39 is 34.4 Å². The van der Waals surface area contributed by atoms with Crippen LogP contribution in [0, 0.1) is 5.41 Å². The van der Waals surface area contributed by atoms with Gasteiger partial charge in [-0.3, -0.25) is 19.6 Å². The lowest BCUT2D eigenvalue weighted by atomic mass is 10.00. The third-order valence-electron chi connectivity index (χ3n) is 3.83. The molecule has 0 aromatic carbocycles. The van der Waals surface area contributed by atoms with E-state index in [2.05, 4.69) is 14.9 Å². The van der Waals surface area contributed by atoms with Crippen molar-refractivity contribution in [1.82, 2.24) is 20.6 Å². The van der Waals surface area contributed by atoms with Crippen LogP contribution < -0.4 is 10.6 Å². The maximum absolute atomic E-state index is 12.2. The summed E-state index contributed by atoms with van der Waals surface area (Å²) >= 11 is 0. The lowest BCUT2D eigenvalue weighted by molar-refractivity contribution is -0.120. The highest BCUT2D eigenvalue weighted by Crippen LogP contribution is 2.30. The molecule has 0 unspecified atom stereocenters. The molecule has 4 N–H and O–H groups in total. The van der Waals surface area contributed by atoms with Gasteiger partial charge in [0.25, 0.3) is 0 Å². The Labute approximate surface area is 143 Å². The van der Waals surface area contributed by atoms with Crippen LogP contribution in [0.3, 0.4) is 0 Å². The van der Waals surface area contributed by atoms with Gasteiger partial charge in [0.1, 0.15) is 5.84 Å². The maximum atomic E-state index is 12.2. The zero-order valence-corrected chi connectivity index (χ0v) is 14.2. The molecule has 2 saturated heterocycles. The number of rotatable bonds is 6. The molecule has 13 heteroatoms. The summed E-state index contributed by atoms with van der Waals surface area (Å²) in [7, 11) is -4.83. The molecule has 0 spiro atoms. The Morgan fingerprint density at radius 2 is 2.08 bits per heavy atom. The molecular formula is C12H19N5O7S. The van der Waals surface area contributed by atoms with Gasteiger partial charge in [-0.2, -0.15) is 13.5 Å². The smallest absolute Gasteiger partial charge is 0.356 e. The second-order valence-electron chi connectivity index (χ2n) is 5.70. The van der Waals surface area contributed by atoms with E-state index in [9.17, 15) is 22.8 Å². The molecule has 2 fully saturated rings. The molecule has 2 atom stereocenters. The molecule has 2 rings (SSSR count). The van der Waals surface area contributed by atoms with Gasteiger partial charge in [-0.15, -0.1) is 4.28 Å². The highest BCUT2D eigenvalue weighted by atomic mass is 32.3. The predicted octanol–water partition coefficient (Wildman–Crippen LogP) is -1.39. The Hall–Kier alpha value is -2.25. The summed E-state index contributed by atoms with van der Waals surface area (Å²) in [4.78, 5) is 35.9. The third-order valence-corrected chi connectivity index (χ3v) is 4.18. The Balaban J connectivity index is 1.93. The van der Waals surface area contributed by atoms with E-state index >= 15 is 0 Å². The molecular weight excluding hydrogens is 358 g/mol. The van der Waals surface area contributed by atoms with E-state index in [0.717, 1.165) is 0 Å². The summed E-state index contributed by atoms with van der Waals surface area (Å²) in [6.45, 7) is 1.56. The highest BCUT2D eigenvalue weighted by molar-refractivity contribution is 7.80. The van der Waals surface area contributed by atoms with E-state index in [1.807, 2.05) is 0 Å². The first-order valence-corrected chi connectivity index (χ1v) is 8.84. The molecule has 0 radical (unpaired) electrons. The lowest BCUT2D eigenvalue weighted by Crippen LogP contribution is -2.51. The van der Waals surface area contributed by atoms with Crippen molar-refractivity contribution in [1.29, 1.82) is 5.41 Å². The zero-order chi connectivity index (χ0) is 18.8. The van der Waals surface area contributed by atoms with E-state index in [4.69, 9.17) is 9.96 Å². The maximum Gasteiger partial charge on any atom is 0.418 e. The van der Waals surface area contributed by atoms with Gasteiger partial charge >= 0.3 is 16.4 Å². The summed E-state index contributed by atoms with van der Waals surface area (Å²) in [6.07, 6.45) is 0.641. The minimum absolute atomic E-state index is 0.0246. The fourth-order valence-electron chi connectivity index (χ4n) is 2.78. The first kappa shape index (κ1) is 19.1. The van der Waals surface area contributed by atoms with Crippen molar-refractivity contribution in [2.45, 2.75) is 38.3 Å². The van der Waals surface area contributed by atoms with Crippen molar-refractivity contribution in [3.63, 3.8) is 0 Å². The number of nitrogens with one attached hydrogen (secondary N) is 3. The first-order valence-electron chi connectivity index (χ1n) is 7.48. The monoisotopic (exact) mass is 377 g/mol. The van der Waals surface area contributed by atoms with Gasteiger partial charge < -0.3 is 15.5 Å². The number of hydroxylamine groups is 2. The summed E-state index contributed by atoms with van der Waals surface area (Å²) in [6, 6.07) is -2.10. The van der Waals surface area contributed by atoms with Gasteiger partial charge in [-0.05, 0) is 12.8 Å². The number of hydrogen-bond acceptors (Lipinski definition) is 7. The average molecular weight is 377 g/mol. The van der Waals surface area contributed by atoms with Crippen molar-refractivity contribution in [3.8, 4) is 0 Å². The van der Waals surface area contributed by atoms with Crippen LogP contribution in [0.2, 0.25) is 0 Å². The van der Waals surface area contributed by atoms with Gasteiger partial charge in [0, 0.05) is 26.4 Å². The van der Waals surface area contributed by atoms with Gasteiger partial charge in [-0.25, -0.2) is 4.79 Å². The van der Waals surface area contributed by atoms with Gasteiger partial charge in [0.15, 0.2) is 0 Å². The van der Waals surface area contributed by atoms with Crippen molar-refractivity contribution in [2.75, 3.05) is 13.1 Å². The van der Waals surface area contributed by atoms with Crippen molar-refractivity contribution in [3.05, 3.63) is 0 Å². The molecule has 4 amide bonds. The summed E-state index contributed by atoms with van der Waals surface area (Å²) in [5.74, 6) is -0.963. The minimum Gasteiger partial charge on any atom is -0.356 e. The largest absolute Gasteiger partial charge is 0.418 e. The number of nitrogens with zero attached hydrogens (tertiary/aromatic N) is 2. The van der Waals surface area contributed by atoms with Gasteiger partial charge in [-0.1, -0.05) is 0 Å². The fraction of sp³-hybridized carbons (Fsp3) is 0.667. The number of amidine groups is 1. The van der Waals surface area contributed by atoms with Gasteiger partial charge in [0.2, 0.25) is 11.8 Å². The van der Waals surface area contributed by atoms with Crippen molar-refractivity contribution >= 4 is 34.1 Å². The molecule has 2 aliphatic heterocycles. The number of carbonyl (C=O) groups excluding carboxylic acids is 3. The van der Waals surface area contributed by atoms with E-state index in [1.54, 1.807) is 0 Å². The van der Waals surface area contributed by atoms with Gasteiger partial charge in [0.05, 0.1) is 12.1 Å². The standard InChI is InChI=1S/C12H19N5O7S/c1-7(18)14-5-4-10(19)15-11(13)9-3-2-8-6-16(9)12(20)17(8)24-25(21,22)23/h8-9H,2-6H2,1H3,(H,14,18)(H2,13,15,19)(H,21,22,23)/t8-,9+/m1/s1. The van der Waals surface area contributed by atoms with Crippen LogP contribution in [0.1, 0.15) is 26.2 Å². The van der Waals surface area contributed by atoms with E-state index in [0.29, 0.717) is 17.9 Å². The Morgan fingerprint density at radius 1 is 1.40 bits per heavy atom. The number of carbonyl (C=O) groups is 3. The lowest BCUT2D eigenvalue weighted by Gasteiger charge is -2.30. The van der Waals surface area contributed by atoms with Crippen molar-refractivity contribution < 1.29 is 31.6 Å². The molecule has 2 bridgehead atoms. The minimum atomic E-state index is -4.83.